The molecule has 2 aromatic rings. The normalized spacial score (nSPS) is 10.2. The quantitative estimate of drug-likeness (QED) is 0.568. The Morgan fingerprint density at radius 2 is 1.87 bits per heavy atom. The number of hydrogen-bond donors (Lipinski definition) is 0. The molecule has 0 atom stereocenters. The van der Waals surface area contributed by atoms with Crippen LogP contribution in [0.15, 0.2) is 48.5 Å². The Hall–Kier alpha value is -2.20. The van der Waals surface area contributed by atoms with E-state index in [0.717, 1.165) is 17.8 Å². The SMILES string of the molecule is CCN(CCOC(=O)Oc1c(C)cccc1Cl)c1ccccc1. The summed E-state index contributed by atoms with van der Waals surface area (Å²) in [4.78, 5) is 13.9. The molecule has 4 nitrogen and oxygen atoms in total. The van der Waals surface area contributed by atoms with Crippen LogP contribution < -0.4 is 9.64 Å². The maximum atomic E-state index is 11.8. The predicted molar refractivity (Wildman–Crippen MR) is 92.5 cm³/mol. The van der Waals surface area contributed by atoms with E-state index in [2.05, 4.69) is 11.8 Å². The van der Waals surface area contributed by atoms with E-state index in [1.54, 1.807) is 12.1 Å². The molecular weight excluding hydrogens is 314 g/mol. The molecule has 0 aliphatic carbocycles. The van der Waals surface area contributed by atoms with Crippen molar-refractivity contribution in [2.45, 2.75) is 13.8 Å². The summed E-state index contributed by atoms with van der Waals surface area (Å²) in [6.45, 7) is 5.54. The molecule has 0 spiro atoms. The van der Waals surface area contributed by atoms with E-state index in [1.807, 2.05) is 43.3 Å². The number of aryl methyl sites for hydroxylation is 1. The van der Waals surface area contributed by atoms with Crippen LogP contribution in [0.4, 0.5) is 10.5 Å². The minimum atomic E-state index is -0.745. The molecule has 0 unspecified atom stereocenters. The van der Waals surface area contributed by atoms with Gasteiger partial charge in [0.15, 0.2) is 5.75 Å². The molecule has 0 heterocycles. The van der Waals surface area contributed by atoms with Gasteiger partial charge < -0.3 is 14.4 Å². The van der Waals surface area contributed by atoms with Crippen molar-refractivity contribution >= 4 is 23.4 Å². The summed E-state index contributed by atoms with van der Waals surface area (Å²) in [5, 5.41) is 0.390. The number of anilines is 1. The van der Waals surface area contributed by atoms with Crippen LogP contribution in [0.2, 0.25) is 5.02 Å². The number of rotatable bonds is 6. The molecular formula is C18H20ClNO3. The number of para-hydroxylation sites is 2. The van der Waals surface area contributed by atoms with Gasteiger partial charge >= 0.3 is 6.16 Å². The highest BCUT2D eigenvalue weighted by Crippen LogP contribution is 2.28. The lowest BCUT2D eigenvalue weighted by Gasteiger charge is -2.22. The van der Waals surface area contributed by atoms with Crippen molar-refractivity contribution in [1.29, 1.82) is 0 Å². The van der Waals surface area contributed by atoms with Crippen LogP contribution in [0, 0.1) is 6.92 Å². The number of hydrogen-bond acceptors (Lipinski definition) is 4. The molecule has 122 valence electrons. The third-order valence-electron chi connectivity index (χ3n) is 3.43. The average Bonchev–Trinajstić information content (AvgIpc) is 2.56. The van der Waals surface area contributed by atoms with Crippen LogP contribution in [-0.2, 0) is 4.74 Å². The van der Waals surface area contributed by atoms with E-state index in [4.69, 9.17) is 21.1 Å². The lowest BCUT2D eigenvalue weighted by Crippen LogP contribution is -2.28. The Labute approximate surface area is 141 Å². The van der Waals surface area contributed by atoms with Crippen LogP contribution in [-0.4, -0.2) is 25.9 Å². The second-order valence-corrected chi connectivity index (χ2v) is 5.41. The van der Waals surface area contributed by atoms with Crippen LogP contribution in [0.1, 0.15) is 12.5 Å². The zero-order valence-electron chi connectivity index (χ0n) is 13.3. The van der Waals surface area contributed by atoms with Gasteiger partial charge in [0.1, 0.15) is 6.61 Å². The maximum absolute atomic E-state index is 11.8. The Morgan fingerprint density at radius 1 is 1.13 bits per heavy atom. The summed E-state index contributed by atoms with van der Waals surface area (Å²) in [5.74, 6) is 0.342. The van der Waals surface area contributed by atoms with Crippen molar-refractivity contribution in [1.82, 2.24) is 0 Å². The molecule has 0 radical (unpaired) electrons. The van der Waals surface area contributed by atoms with Crippen molar-refractivity contribution in [3.63, 3.8) is 0 Å². The van der Waals surface area contributed by atoms with Crippen LogP contribution >= 0.6 is 11.6 Å². The molecule has 5 heteroatoms. The number of carbonyl (C=O) groups excluding carboxylic acids is 1. The summed E-state index contributed by atoms with van der Waals surface area (Å²) < 4.78 is 10.3. The Morgan fingerprint density at radius 3 is 2.52 bits per heavy atom. The summed E-state index contributed by atoms with van der Waals surface area (Å²) >= 11 is 6.02. The Balaban J connectivity index is 1.85. The molecule has 0 aliphatic heterocycles. The Bertz CT molecular complexity index is 626. The molecule has 0 saturated heterocycles. The third-order valence-corrected chi connectivity index (χ3v) is 3.73. The van der Waals surface area contributed by atoms with Gasteiger partial charge in [0.05, 0.1) is 11.6 Å². The smallest absolute Gasteiger partial charge is 0.432 e. The molecule has 0 saturated carbocycles. The van der Waals surface area contributed by atoms with Crippen molar-refractivity contribution in [2.24, 2.45) is 0 Å². The monoisotopic (exact) mass is 333 g/mol. The van der Waals surface area contributed by atoms with E-state index >= 15 is 0 Å². The number of ether oxygens (including phenoxy) is 2. The lowest BCUT2D eigenvalue weighted by atomic mass is 10.2. The zero-order valence-corrected chi connectivity index (χ0v) is 14.0. The number of nitrogens with zero attached hydrogens (tertiary/aromatic N) is 1. The van der Waals surface area contributed by atoms with Gasteiger partial charge in [-0.15, -0.1) is 0 Å². The van der Waals surface area contributed by atoms with Gasteiger partial charge in [-0.2, -0.15) is 0 Å². The summed E-state index contributed by atoms with van der Waals surface area (Å²) in [6, 6.07) is 15.3. The number of halogens is 1. The summed E-state index contributed by atoms with van der Waals surface area (Å²) in [7, 11) is 0. The molecule has 2 rings (SSSR count). The zero-order chi connectivity index (χ0) is 16.7. The summed E-state index contributed by atoms with van der Waals surface area (Å²) in [6.07, 6.45) is -0.745. The third kappa shape index (κ3) is 4.89. The van der Waals surface area contributed by atoms with Crippen molar-refractivity contribution in [3.05, 3.63) is 59.1 Å². The van der Waals surface area contributed by atoms with Crippen molar-refractivity contribution < 1.29 is 14.3 Å². The van der Waals surface area contributed by atoms with Gasteiger partial charge in [0.2, 0.25) is 0 Å². The second kappa shape index (κ2) is 8.44. The standard InChI is InChI=1S/C18H20ClNO3/c1-3-20(15-9-5-4-6-10-15)12-13-22-18(21)23-17-14(2)8-7-11-16(17)19/h4-11H,3,12-13H2,1-2H3. The molecule has 0 aliphatic rings. The Kier molecular flexibility index (Phi) is 6.29. The highest BCUT2D eigenvalue weighted by Gasteiger charge is 2.12. The van der Waals surface area contributed by atoms with E-state index < -0.39 is 6.16 Å². The maximum Gasteiger partial charge on any atom is 0.513 e. The fraction of sp³-hybridized carbons (Fsp3) is 0.278. The largest absolute Gasteiger partial charge is 0.513 e. The first-order valence-electron chi connectivity index (χ1n) is 7.51. The minimum absolute atomic E-state index is 0.241. The molecule has 23 heavy (non-hydrogen) atoms. The first-order chi connectivity index (χ1) is 11.1. The lowest BCUT2D eigenvalue weighted by molar-refractivity contribution is 0.101. The number of carbonyl (C=O) groups is 1. The van der Waals surface area contributed by atoms with Gasteiger partial charge in [-0.25, -0.2) is 4.79 Å². The molecule has 2 aromatic carbocycles. The highest BCUT2D eigenvalue weighted by atomic mass is 35.5. The topological polar surface area (TPSA) is 38.8 Å². The average molecular weight is 334 g/mol. The fourth-order valence-corrected chi connectivity index (χ4v) is 2.47. The first-order valence-corrected chi connectivity index (χ1v) is 7.89. The molecule has 0 N–H and O–H groups in total. The summed E-state index contributed by atoms with van der Waals surface area (Å²) in [5.41, 5.74) is 1.88. The van der Waals surface area contributed by atoms with Gasteiger partial charge in [-0.1, -0.05) is 41.9 Å². The van der Waals surface area contributed by atoms with Gasteiger partial charge in [-0.3, -0.25) is 0 Å². The van der Waals surface area contributed by atoms with E-state index in [1.165, 1.54) is 0 Å². The van der Waals surface area contributed by atoms with Gasteiger partial charge in [-0.05, 0) is 37.6 Å². The number of benzene rings is 2. The van der Waals surface area contributed by atoms with E-state index in [-0.39, 0.29) is 6.61 Å². The van der Waals surface area contributed by atoms with Crippen LogP contribution in [0.25, 0.3) is 0 Å². The highest BCUT2D eigenvalue weighted by molar-refractivity contribution is 6.32. The molecule has 0 amide bonds. The van der Waals surface area contributed by atoms with E-state index in [0.29, 0.717) is 17.3 Å². The van der Waals surface area contributed by atoms with Gasteiger partial charge in [0, 0.05) is 12.2 Å². The van der Waals surface area contributed by atoms with Crippen molar-refractivity contribution in [2.75, 3.05) is 24.6 Å². The first kappa shape index (κ1) is 17.2. The van der Waals surface area contributed by atoms with Crippen LogP contribution in [0.3, 0.4) is 0 Å². The molecule has 0 aromatic heterocycles. The fourth-order valence-electron chi connectivity index (χ4n) is 2.21. The van der Waals surface area contributed by atoms with Gasteiger partial charge in [0.25, 0.3) is 0 Å². The molecule has 0 fully saturated rings. The predicted octanol–water partition coefficient (Wildman–Crippen LogP) is 4.69. The van der Waals surface area contributed by atoms with Crippen molar-refractivity contribution in [3.8, 4) is 5.75 Å². The molecule has 0 bridgehead atoms. The van der Waals surface area contributed by atoms with Crippen LogP contribution in [0.5, 0.6) is 5.75 Å². The van der Waals surface area contributed by atoms with E-state index in [9.17, 15) is 4.79 Å². The minimum Gasteiger partial charge on any atom is -0.432 e. The second-order valence-electron chi connectivity index (χ2n) is 5.00. The number of likely N-dealkylation sites (N-methyl/N-ethyl adjacent to an activating group) is 1.